The van der Waals surface area contributed by atoms with E-state index in [2.05, 4.69) is 23.9 Å². The Morgan fingerprint density at radius 2 is 2.04 bits per heavy atom. The van der Waals surface area contributed by atoms with E-state index in [1.165, 1.54) is 19.2 Å². The minimum Gasteiger partial charge on any atom is -0.477 e. The van der Waals surface area contributed by atoms with E-state index in [1.807, 2.05) is 0 Å². The van der Waals surface area contributed by atoms with E-state index >= 15 is 0 Å². The number of nitro groups is 1. The fourth-order valence-electron chi connectivity index (χ4n) is 3.20. The molecule has 1 saturated carbocycles. The Hall–Kier alpha value is -2.64. The second-order valence-corrected chi connectivity index (χ2v) is 6.66. The monoisotopic (exact) mass is 364 g/mol. The number of hydrogen-bond donors (Lipinski definition) is 1. The first-order chi connectivity index (χ1) is 12.3. The van der Waals surface area contributed by atoms with Gasteiger partial charge in [0, 0.05) is 12.1 Å². The van der Waals surface area contributed by atoms with Crippen LogP contribution in [0.25, 0.3) is 0 Å². The van der Waals surface area contributed by atoms with Crippen molar-refractivity contribution in [3.05, 3.63) is 33.9 Å². The fourth-order valence-corrected chi connectivity index (χ4v) is 3.20. The van der Waals surface area contributed by atoms with E-state index in [1.54, 1.807) is 0 Å². The van der Waals surface area contributed by atoms with Gasteiger partial charge in [0.05, 0.1) is 17.6 Å². The zero-order valence-electron chi connectivity index (χ0n) is 15.2. The summed E-state index contributed by atoms with van der Waals surface area (Å²) in [5.74, 6) is -0.147. The molecule has 26 heavy (non-hydrogen) atoms. The second kappa shape index (κ2) is 8.64. The number of rotatable bonds is 6. The molecule has 1 N–H and O–H groups in total. The largest absolute Gasteiger partial charge is 0.477 e. The number of amides is 1. The number of benzene rings is 1. The molecule has 0 aliphatic heterocycles. The first-order valence-electron chi connectivity index (χ1n) is 8.62. The van der Waals surface area contributed by atoms with E-state index in [0.717, 1.165) is 25.3 Å². The molecule has 1 amide bonds. The molecule has 1 aliphatic carbocycles. The van der Waals surface area contributed by atoms with Gasteiger partial charge in [0.2, 0.25) is 0 Å². The van der Waals surface area contributed by atoms with Gasteiger partial charge in [0.15, 0.2) is 12.4 Å². The predicted molar refractivity (Wildman–Crippen MR) is 94.0 cm³/mol. The van der Waals surface area contributed by atoms with Crippen LogP contribution in [-0.2, 0) is 9.53 Å². The number of nitrogens with one attached hydrogen (secondary N) is 1. The SMILES string of the molecule is COC(=O)c1ccc(OCC(=O)N[C@@H]2CCC[C@H](C)[C@H]2C)c([N+](=O)[O-])c1. The minimum absolute atomic E-state index is 0.0426. The van der Waals surface area contributed by atoms with Crippen molar-refractivity contribution in [2.45, 2.75) is 39.2 Å². The molecule has 1 aromatic rings. The molecular weight excluding hydrogens is 340 g/mol. The highest BCUT2D eigenvalue weighted by molar-refractivity contribution is 5.90. The molecule has 8 nitrogen and oxygen atoms in total. The average Bonchev–Trinajstić information content (AvgIpc) is 2.63. The summed E-state index contributed by atoms with van der Waals surface area (Å²) in [4.78, 5) is 34.2. The number of carbonyl (C=O) groups excluding carboxylic acids is 2. The van der Waals surface area contributed by atoms with Crippen molar-refractivity contribution in [1.82, 2.24) is 5.32 Å². The second-order valence-electron chi connectivity index (χ2n) is 6.66. The first-order valence-corrected chi connectivity index (χ1v) is 8.62. The van der Waals surface area contributed by atoms with Crippen molar-refractivity contribution in [1.29, 1.82) is 0 Å². The summed E-state index contributed by atoms with van der Waals surface area (Å²) < 4.78 is 9.87. The van der Waals surface area contributed by atoms with Gasteiger partial charge in [0.1, 0.15) is 0 Å². The molecule has 142 valence electrons. The molecule has 0 bridgehead atoms. The van der Waals surface area contributed by atoms with Crippen LogP contribution in [0.15, 0.2) is 18.2 Å². The first kappa shape index (κ1) is 19.7. The summed E-state index contributed by atoms with van der Waals surface area (Å²) in [6.07, 6.45) is 3.14. The molecule has 0 heterocycles. The van der Waals surface area contributed by atoms with Crippen LogP contribution in [-0.4, -0.2) is 36.6 Å². The molecule has 8 heteroatoms. The van der Waals surface area contributed by atoms with Gasteiger partial charge in [-0.15, -0.1) is 0 Å². The molecule has 2 rings (SSSR count). The quantitative estimate of drug-likeness (QED) is 0.472. The van der Waals surface area contributed by atoms with Gasteiger partial charge in [-0.25, -0.2) is 4.79 Å². The summed E-state index contributed by atoms with van der Waals surface area (Å²) >= 11 is 0. The van der Waals surface area contributed by atoms with Crippen LogP contribution in [0.3, 0.4) is 0 Å². The Labute approximate surface area is 152 Å². The van der Waals surface area contributed by atoms with Gasteiger partial charge >= 0.3 is 11.7 Å². The molecule has 1 aromatic carbocycles. The van der Waals surface area contributed by atoms with E-state index in [4.69, 9.17) is 4.74 Å². The molecule has 1 aliphatic rings. The van der Waals surface area contributed by atoms with Crippen molar-refractivity contribution in [2.24, 2.45) is 11.8 Å². The highest BCUT2D eigenvalue weighted by Gasteiger charge is 2.28. The van der Waals surface area contributed by atoms with E-state index in [9.17, 15) is 19.7 Å². The summed E-state index contributed by atoms with van der Waals surface area (Å²) in [6, 6.07) is 3.82. The molecule has 1 fully saturated rings. The van der Waals surface area contributed by atoms with E-state index in [0.29, 0.717) is 11.8 Å². The Morgan fingerprint density at radius 3 is 2.69 bits per heavy atom. The fraction of sp³-hybridized carbons (Fsp3) is 0.556. The third-order valence-corrected chi connectivity index (χ3v) is 4.99. The minimum atomic E-state index is -0.683. The molecular formula is C18H24N2O6. The van der Waals surface area contributed by atoms with Crippen LogP contribution in [0, 0.1) is 22.0 Å². The number of ether oxygens (including phenoxy) is 2. The van der Waals surface area contributed by atoms with Gasteiger partial charge in [-0.05, 0) is 30.4 Å². The number of esters is 1. The predicted octanol–water partition coefficient (Wildman–Crippen LogP) is 2.70. The zero-order chi connectivity index (χ0) is 19.3. The van der Waals surface area contributed by atoms with Gasteiger partial charge in [-0.3, -0.25) is 14.9 Å². The molecule has 0 aromatic heterocycles. The van der Waals surface area contributed by atoms with Crippen LogP contribution >= 0.6 is 0 Å². The Morgan fingerprint density at radius 1 is 1.31 bits per heavy atom. The summed E-state index contributed by atoms with van der Waals surface area (Å²) in [5.41, 5.74) is -0.346. The lowest BCUT2D eigenvalue weighted by molar-refractivity contribution is -0.385. The Bertz CT molecular complexity index is 690. The maximum atomic E-state index is 12.2. The smallest absolute Gasteiger partial charge is 0.338 e. The third kappa shape index (κ3) is 4.71. The van der Waals surface area contributed by atoms with Gasteiger partial charge in [-0.1, -0.05) is 26.7 Å². The highest BCUT2D eigenvalue weighted by Crippen LogP contribution is 2.30. The standard InChI is InChI=1S/C18H24N2O6/c1-11-5-4-6-14(12(11)2)19-17(21)10-26-16-8-7-13(18(22)25-3)9-15(16)20(23)24/h7-9,11-12,14H,4-6,10H2,1-3H3,(H,19,21)/t11-,12+,14+/m0/s1. The topological polar surface area (TPSA) is 108 Å². The van der Waals surface area contributed by atoms with Crippen molar-refractivity contribution in [3.63, 3.8) is 0 Å². The summed E-state index contributed by atoms with van der Waals surface area (Å²) in [5, 5.41) is 14.1. The van der Waals surface area contributed by atoms with Crippen molar-refractivity contribution in [3.8, 4) is 5.75 Å². The number of carbonyl (C=O) groups is 2. The summed E-state index contributed by atoms with van der Waals surface area (Å²) in [6.45, 7) is 3.97. The molecule has 3 atom stereocenters. The van der Waals surface area contributed by atoms with Crippen LogP contribution in [0.1, 0.15) is 43.5 Å². The van der Waals surface area contributed by atoms with Crippen LogP contribution < -0.4 is 10.1 Å². The number of nitrogens with zero attached hydrogens (tertiary/aromatic N) is 1. The molecule has 0 unspecified atom stereocenters. The van der Waals surface area contributed by atoms with Crippen LogP contribution in [0.4, 0.5) is 5.69 Å². The van der Waals surface area contributed by atoms with E-state index < -0.39 is 10.9 Å². The third-order valence-electron chi connectivity index (χ3n) is 4.99. The normalized spacial score (nSPS) is 22.3. The maximum Gasteiger partial charge on any atom is 0.338 e. The summed E-state index contributed by atoms with van der Waals surface area (Å²) in [7, 11) is 1.19. The lowest BCUT2D eigenvalue weighted by atomic mass is 9.78. The van der Waals surface area contributed by atoms with Crippen LogP contribution in [0.5, 0.6) is 5.75 Å². The van der Waals surface area contributed by atoms with Gasteiger partial charge in [-0.2, -0.15) is 0 Å². The lowest BCUT2D eigenvalue weighted by Crippen LogP contribution is -2.45. The van der Waals surface area contributed by atoms with E-state index in [-0.39, 0.29) is 35.6 Å². The zero-order valence-corrected chi connectivity index (χ0v) is 15.2. The van der Waals surface area contributed by atoms with Gasteiger partial charge in [0.25, 0.3) is 5.91 Å². The van der Waals surface area contributed by atoms with Crippen LogP contribution in [0.2, 0.25) is 0 Å². The molecule has 0 spiro atoms. The molecule has 0 radical (unpaired) electrons. The molecule has 0 saturated heterocycles. The van der Waals surface area contributed by atoms with Crippen molar-refractivity contribution < 1.29 is 24.0 Å². The van der Waals surface area contributed by atoms with Crippen molar-refractivity contribution in [2.75, 3.05) is 13.7 Å². The van der Waals surface area contributed by atoms with Gasteiger partial charge < -0.3 is 14.8 Å². The Balaban J connectivity index is 2.00. The average molecular weight is 364 g/mol. The number of hydrogen-bond acceptors (Lipinski definition) is 6. The number of methoxy groups -OCH3 is 1. The number of nitro benzene ring substituents is 1. The highest BCUT2D eigenvalue weighted by atomic mass is 16.6. The Kier molecular flexibility index (Phi) is 6.54. The lowest BCUT2D eigenvalue weighted by Gasteiger charge is -2.34. The maximum absolute atomic E-state index is 12.2. The van der Waals surface area contributed by atoms with Crippen molar-refractivity contribution >= 4 is 17.6 Å².